The highest BCUT2D eigenvalue weighted by Gasteiger charge is 2.37. The smallest absolute Gasteiger partial charge is 0.277 e. The van der Waals surface area contributed by atoms with E-state index < -0.39 is 10.0 Å². The van der Waals surface area contributed by atoms with Crippen LogP contribution in [0.1, 0.15) is 11.9 Å². The number of nitrogens with one attached hydrogen (secondary N) is 1. The molecule has 3 heterocycles. The van der Waals surface area contributed by atoms with Crippen LogP contribution >= 0.6 is 15.9 Å². The number of rotatable bonds is 3. The van der Waals surface area contributed by atoms with E-state index in [-0.39, 0.29) is 11.1 Å². The van der Waals surface area contributed by atoms with Crippen molar-refractivity contribution in [3.63, 3.8) is 0 Å². The molecule has 21 heavy (non-hydrogen) atoms. The van der Waals surface area contributed by atoms with Gasteiger partial charge in [0.25, 0.3) is 10.0 Å². The van der Waals surface area contributed by atoms with E-state index in [1.165, 1.54) is 10.4 Å². The molecule has 0 saturated carbocycles. The van der Waals surface area contributed by atoms with E-state index >= 15 is 0 Å². The Labute approximate surface area is 131 Å². The maximum absolute atomic E-state index is 12.8. The van der Waals surface area contributed by atoms with Crippen LogP contribution in [0.15, 0.2) is 38.7 Å². The third kappa shape index (κ3) is 2.66. The topological polar surface area (TPSA) is 80.4 Å². The van der Waals surface area contributed by atoms with Gasteiger partial charge in [-0.05, 0) is 28.1 Å². The van der Waals surface area contributed by atoms with Crippen molar-refractivity contribution < 1.29 is 12.8 Å². The fraction of sp³-hybridized carbons (Fsp3) is 0.417. The number of hydrogen-bond donors (Lipinski definition) is 1. The van der Waals surface area contributed by atoms with Crippen LogP contribution in [0.25, 0.3) is 0 Å². The Morgan fingerprint density at radius 2 is 2.29 bits per heavy atom. The number of hydrogen-bond acceptors (Lipinski definition) is 5. The molecule has 2 aromatic rings. The van der Waals surface area contributed by atoms with Gasteiger partial charge in [-0.15, -0.1) is 0 Å². The van der Waals surface area contributed by atoms with Crippen LogP contribution in [0.2, 0.25) is 0 Å². The molecule has 3 rings (SSSR count). The Morgan fingerprint density at radius 1 is 1.48 bits per heavy atom. The maximum atomic E-state index is 12.8. The van der Waals surface area contributed by atoms with E-state index in [4.69, 9.17) is 4.42 Å². The first kappa shape index (κ1) is 14.8. The molecule has 1 fully saturated rings. The number of sulfonamides is 1. The summed E-state index contributed by atoms with van der Waals surface area (Å²) in [4.78, 5) is 4.28. The Bertz CT molecular complexity index is 739. The fourth-order valence-corrected chi connectivity index (χ4v) is 4.36. The molecule has 0 radical (unpaired) electrons. The van der Waals surface area contributed by atoms with Gasteiger partial charge in [0.05, 0.1) is 6.04 Å². The summed E-state index contributed by atoms with van der Waals surface area (Å²) in [6, 6.07) is 2.68. The van der Waals surface area contributed by atoms with Crippen LogP contribution in [0.5, 0.6) is 0 Å². The molecular weight excluding hydrogens is 360 g/mol. The second-order valence-electron chi connectivity index (χ2n) is 4.79. The molecule has 1 unspecified atom stereocenters. The molecule has 0 aliphatic carbocycles. The molecule has 1 N–H and O–H groups in total. The Kier molecular flexibility index (Phi) is 3.91. The fourth-order valence-electron chi connectivity index (χ4n) is 2.44. The number of nitrogens with zero attached hydrogens (tertiary/aromatic N) is 3. The zero-order valence-electron chi connectivity index (χ0n) is 11.4. The summed E-state index contributed by atoms with van der Waals surface area (Å²) in [5, 5.41) is 3.15. The van der Waals surface area contributed by atoms with Crippen molar-refractivity contribution in [1.29, 1.82) is 0 Å². The first-order valence-electron chi connectivity index (χ1n) is 6.45. The Morgan fingerprint density at radius 3 is 2.90 bits per heavy atom. The molecule has 2 aromatic heterocycles. The molecular formula is C12H15BrN4O3S. The minimum atomic E-state index is -3.69. The summed E-state index contributed by atoms with van der Waals surface area (Å²) in [5.41, 5.74) is 0. The van der Waals surface area contributed by atoms with Crippen LogP contribution in [0.4, 0.5) is 0 Å². The minimum absolute atomic E-state index is 0.0597. The highest BCUT2D eigenvalue weighted by atomic mass is 79.9. The van der Waals surface area contributed by atoms with Crippen LogP contribution in [-0.2, 0) is 17.1 Å². The quantitative estimate of drug-likeness (QED) is 0.870. The van der Waals surface area contributed by atoms with Gasteiger partial charge in [0.2, 0.25) is 5.09 Å². The largest absolute Gasteiger partial charge is 0.437 e. The van der Waals surface area contributed by atoms with E-state index in [1.54, 1.807) is 18.5 Å². The third-order valence-electron chi connectivity index (χ3n) is 3.46. The van der Waals surface area contributed by atoms with E-state index in [9.17, 15) is 8.42 Å². The lowest BCUT2D eigenvalue weighted by molar-refractivity contribution is 0.251. The summed E-state index contributed by atoms with van der Waals surface area (Å²) in [5.74, 6) is 0.705. The van der Waals surface area contributed by atoms with Gasteiger partial charge in [-0.3, -0.25) is 0 Å². The van der Waals surface area contributed by atoms with E-state index in [1.807, 2.05) is 11.6 Å². The van der Waals surface area contributed by atoms with Crippen LogP contribution < -0.4 is 5.32 Å². The third-order valence-corrected chi connectivity index (χ3v) is 5.67. The molecule has 0 spiro atoms. The second kappa shape index (κ2) is 5.56. The Hall–Kier alpha value is -1.16. The summed E-state index contributed by atoms with van der Waals surface area (Å²) in [6.45, 7) is 1.49. The highest BCUT2D eigenvalue weighted by Crippen LogP contribution is 2.29. The molecule has 0 bridgehead atoms. The van der Waals surface area contributed by atoms with Crippen molar-refractivity contribution in [3.05, 3.63) is 35.0 Å². The predicted octanol–water partition coefficient (Wildman–Crippen LogP) is 1.11. The van der Waals surface area contributed by atoms with Crippen molar-refractivity contribution in [2.75, 3.05) is 19.6 Å². The normalized spacial score (nSPS) is 20.8. The summed E-state index contributed by atoms with van der Waals surface area (Å²) in [6.07, 6.45) is 3.47. The molecule has 1 saturated heterocycles. The van der Waals surface area contributed by atoms with Gasteiger partial charge >= 0.3 is 0 Å². The van der Waals surface area contributed by atoms with Crippen molar-refractivity contribution in [3.8, 4) is 0 Å². The van der Waals surface area contributed by atoms with Crippen molar-refractivity contribution in [1.82, 2.24) is 19.2 Å². The molecule has 0 aromatic carbocycles. The number of furan rings is 1. The van der Waals surface area contributed by atoms with Gasteiger partial charge in [-0.25, -0.2) is 13.4 Å². The summed E-state index contributed by atoms with van der Waals surface area (Å²) in [7, 11) is -1.84. The van der Waals surface area contributed by atoms with Crippen LogP contribution in [0, 0.1) is 0 Å². The zero-order valence-corrected chi connectivity index (χ0v) is 13.8. The molecule has 1 atom stereocenters. The number of piperazine rings is 1. The van der Waals surface area contributed by atoms with Crippen molar-refractivity contribution in [2.45, 2.75) is 11.1 Å². The van der Waals surface area contributed by atoms with E-state index in [0.717, 1.165) is 0 Å². The average Bonchev–Trinajstić information content (AvgIpc) is 3.08. The van der Waals surface area contributed by atoms with Crippen molar-refractivity contribution in [2.24, 2.45) is 7.05 Å². The first-order chi connectivity index (χ1) is 10.00. The monoisotopic (exact) mass is 374 g/mol. The van der Waals surface area contributed by atoms with Gasteiger partial charge in [0.1, 0.15) is 5.82 Å². The Balaban J connectivity index is 2.00. The van der Waals surface area contributed by atoms with E-state index in [0.29, 0.717) is 30.1 Å². The van der Waals surface area contributed by atoms with E-state index in [2.05, 4.69) is 26.2 Å². The number of imidazole rings is 1. The van der Waals surface area contributed by atoms with Gasteiger partial charge < -0.3 is 14.3 Å². The van der Waals surface area contributed by atoms with Gasteiger partial charge in [-0.1, -0.05) is 0 Å². The lowest BCUT2D eigenvalue weighted by Crippen LogP contribution is -2.49. The summed E-state index contributed by atoms with van der Waals surface area (Å²) >= 11 is 3.14. The van der Waals surface area contributed by atoms with Gasteiger partial charge in [0.15, 0.2) is 4.67 Å². The molecule has 1 aliphatic heterocycles. The van der Waals surface area contributed by atoms with Crippen molar-refractivity contribution >= 4 is 26.0 Å². The number of halogens is 1. The minimum Gasteiger partial charge on any atom is -0.437 e. The second-order valence-corrected chi connectivity index (χ2v) is 7.39. The standard InChI is InChI=1S/C12H15BrN4O3S/c1-16-6-5-15-12(16)9-8-14-4-7-17(9)21(18,19)11-3-2-10(13)20-11/h2-3,5-6,9,14H,4,7-8H2,1H3. The molecule has 7 nitrogen and oxygen atoms in total. The van der Waals surface area contributed by atoms with Gasteiger partial charge in [-0.2, -0.15) is 4.31 Å². The SMILES string of the molecule is Cn1ccnc1C1CNCCN1S(=O)(=O)c1ccc(Br)o1. The van der Waals surface area contributed by atoms with Crippen LogP contribution in [-0.4, -0.2) is 41.9 Å². The predicted molar refractivity (Wildman–Crippen MR) is 79.1 cm³/mol. The lowest BCUT2D eigenvalue weighted by Gasteiger charge is -2.33. The number of aryl methyl sites for hydroxylation is 1. The molecule has 1 aliphatic rings. The van der Waals surface area contributed by atoms with Gasteiger partial charge in [0, 0.05) is 39.1 Å². The van der Waals surface area contributed by atoms with Crippen LogP contribution in [0.3, 0.4) is 0 Å². The maximum Gasteiger partial charge on any atom is 0.277 e. The highest BCUT2D eigenvalue weighted by molar-refractivity contribution is 9.10. The molecule has 114 valence electrons. The molecule has 0 amide bonds. The average molecular weight is 375 g/mol. The number of aromatic nitrogens is 2. The lowest BCUT2D eigenvalue weighted by atomic mass is 10.2. The zero-order chi connectivity index (χ0) is 15.0. The summed E-state index contributed by atoms with van der Waals surface area (Å²) < 4.78 is 34.4. The molecule has 9 heteroatoms. The first-order valence-corrected chi connectivity index (χ1v) is 8.68.